The van der Waals surface area contributed by atoms with Gasteiger partial charge in [-0.25, -0.2) is 4.39 Å². The molecule has 2 aromatic carbocycles. The maximum atomic E-state index is 13.4. The normalized spacial score (nSPS) is 13.4. The SMILES string of the molecule is Cc1ccoc1C(=O)Nc1c(C)cc(N2CCc3cc(F)ccc3C2)cc1C. The summed E-state index contributed by atoms with van der Waals surface area (Å²) in [5, 5.41) is 2.98. The lowest BCUT2D eigenvalue weighted by atomic mass is 9.98. The Labute approximate surface area is 164 Å². The number of nitrogens with zero attached hydrogens (tertiary/aromatic N) is 1. The van der Waals surface area contributed by atoms with E-state index in [4.69, 9.17) is 4.42 Å². The summed E-state index contributed by atoms with van der Waals surface area (Å²) >= 11 is 0. The lowest BCUT2D eigenvalue weighted by Crippen LogP contribution is -2.30. The lowest BCUT2D eigenvalue weighted by molar-refractivity contribution is 0.0995. The van der Waals surface area contributed by atoms with Crippen LogP contribution in [0.5, 0.6) is 0 Å². The Morgan fingerprint density at radius 1 is 1.04 bits per heavy atom. The first-order valence-corrected chi connectivity index (χ1v) is 9.41. The molecule has 0 saturated carbocycles. The zero-order chi connectivity index (χ0) is 19.8. The van der Waals surface area contributed by atoms with Crippen molar-refractivity contribution in [1.82, 2.24) is 0 Å². The molecular formula is C23H23FN2O2. The van der Waals surface area contributed by atoms with Gasteiger partial charge in [0, 0.05) is 30.0 Å². The molecule has 0 aliphatic carbocycles. The summed E-state index contributed by atoms with van der Waals surface area (Å²) in [6, 6.07) is 11.0. The summed E-state index contributed by atoms with van der Waals surface area (Å²) < 4.78 is 18.7. The van der Waals surface area contributed by atoms with Crippen LogP contribution in [0.2, 0.25) is 0 Å². The van der Waals surface area contributed by atoms with E-state index in [1.807, 2.05) is 26.8 Å². The zero-order valence-electron chi connectivity index (χ0n) is 16.3. The van der Waals surface area contributed by atoms with Gasteiger partial charge in [0.25, 0.3) is 5.91 Å². The molecule has 0 fully saturated rings. The molecule has 0 radical (unpaired) electrons. The van der Waals surface area contributed by atoms with Crippen molar-refractivity contribution in [3.05, 3.63) is 82.1 Å². The Morgan fingerprint density at radius 2 is 1.79 bits per heavy atom. The van der Waals surface area contributed by atoms with Gasteiger partial charge in [-0.3, -0.25) is 4.79 Å². The smallest absolute Gasteiger partial charge is 0.291 e. The van der Waals surface area contributed by atoms with Crippen LogP contribution in [-0.2, 0) is 13.0 Å². The maximum Gasteiger partial charge on any atom is 0.291 e. The molecule has 1 amide bonds. The number of amides is 1. The highest BCUT2D eigenvalue weighted by atomic mass is 19.1. The van der Waals surface area contributed by atoms with Crippen LogP contribution in [0.3, 0.4) is 0 Å². The molecule has 0 spiro atoms. The van der Waals surface area contributed by atoms with Gasteiger partial charge < -0.3 is 14.6 Å². The topological polar surface area (TPSA) is 45.5 Å². The van der Waals surface area contributed by atoms with Gasteiger partial charge in [-0.2, -0.15) is 0 Å². The number of aryl methyl sites for hydroxylation is 3. The first-order valence-electron chi connectivity index (χ1n) is 9.41. The molecule has 4 nitrogen and oxygen atoms in total. The minimum absolute atomic E-state index is 0.175. The van der Waals surface area contributed by atoms with Gasteiger partial charge in [0.2, 0.25) is 0 Å². The van der Waals surface area contributed by atoms with E-state index in [1.165, 1.54) is 12.3 Å². The Hall–Kier alpha value is -3.08. The fourth-order valence-corrected chi connectivity index (χ4v) is 3.84. The average molecular weight is 378 g/mol. The van der Waals surface area contributed by atoms with Crippen molar-refractivity contribution in [1.29, 1.82) is 0 Å². The number of carbonyl (C=O) groups excluding carboxylic acids is 1. The summed E-state index contributed by atoms with van der Waals surface area (Å²) in [6.45, 7) is 7.43. The minimum atomic E-state index is -0.240. The van der Waals surface area contributed by atoms with Crippen LogP contribution in [0.1, 0.15) is 38.4 Å². The van der Waals surface area contributed by atoms with E-state index in [2.05, 4.69) is 22.3 Å². The molecule has 1 N–H and O–H groups in total. The number of carbonyl (C=O) groups is 1. The summed E-state index contributed by atoms with van der Waals surface area (Å²) in [5.41, 5.74) is 6.97. The molecule has 1 aliphatic heterocycles. The van der Waals surface area contributed by atoms with E-state index in [9.17, 15) is 9.18 Å². The second-order valence-electron chi connectivity index (χ2n) is 7.43. The van der Waals surface area contributed by atoms with Crippen molar-refractivity contribution in [2.75, 3.05) is 16.8 Å². The molecule has 1 aliphatic rings. The molecule has 0 atom stereocenters. The van der Waals surface area contributed by atoms with E-state index in [1.54, 1.807) is 12.1 Å². The first-order chi connectivity index (χ1) is 13.4. The summed E-state index contributed by atoms with van der Waals surface area (Å²) in [5.74, 6) is -0.0797. The standard InChI is InChI=1S/C23H23FN2O2/c1-14-7-9-28-22(14)23(27)25-21-15(2)10-20(11-16(21)3)26-8-6-17-12-19(24)5-4-18(17)13-26/h4-5,7,9-12H,6,8,13H2,1-3H3,(H,25,27). The zero-order valence-corrected chi connectivity index (χ0v) is 16.3. The van der Waals surface area contributed by atoms with Gasteiger partial charge in [0.15, 0.2) is 5.76 Å². The first kappa shape index (κ1) is 18.3. The van der Waals surface area contributed by atoms with Gasteiger partial charge in [-0.1, -0.05) is 6.07 Å². The number of furan rings is 1. The minimum Gasteiger partial charge on any atom is -0.459 e. The predicted octanol–water partition coefficient (Wildman–Crippen LogP) is 5.16. The van der Waals surface area contributed by atoms with Crippen LogP contribution in [0.25, 0.3) is 0 Å². The van der Waals surface area contributed by atoms with Crippen molar-refractivity contribution < 1.29 is 13.6 Å². The molecule has 0 saturated heterocycles. The van der Waals surface area contributed by atoms with Crippen LogP contribution < -0.4 is 10.2 Å². The van der Waals surface area contributed by atoms with Crippen LogP contribution in [-0.4, -0.2) is 12.5 Å². The Balaban J connectivity index is 1.57. The summed E-state index contributed by atoms with van der Waals surface area (Å²) in [4.78, 5) is 14.8. The second kappa shape index (κ2) is 7.15. The molecule has 144 valence electrons. The molecule has 28 heavy (non-hydrogen) atoms. The van der Waals surface area contributed by atoms with Crippen molar-refractivity contribution in [2.45, 2.75) is 33.7 Å². The van der Waals surface area contributed by atoms with E-state index >= 15 is 0 Å². The fraction of sp³-hybridized carbons (Fsp3) is 0.261. The third-order valence-electron chi connectivity index (χ3n) is 5.37. The van der Waals surface area contributed by atoms with Crippen molar-refractivity contribution in [2.24, 2.45) is 0 Å². The van der Waals surface area contributed by atoms with Gasteiger partial charge in [-0.05, 0) is 79.8 Å². The summed E-state index contributed by atoms with van der Waals surface area (Å²) in [7, 11) is 0. The van der Waals surface area contributed by atoms with E-state index in [0.717, 1.165) is 58.7 Å². The number of anilines is 2. The Bertz CT molecular complexity index is 1030. The average Bonchev–Trinajstić information content (AvgIpc) is 3.10. The fourth-order valence-electron chi connectivity index (χ4n) is 3.84. The number of rotatable bonds is 3. The lowest BCUT2D eigenvalue weighted by Gasteiger charge is -2.31. The van der Waals surface area contributed by atoms with Gasteiger partial charge in [0.1, 0.15) is 5.82 Å². The highest BCUT2D eigenvalue weighted by Crippen LogP contribution is 2.31. The number of hydrogen-bond acceptors (Lipinski definition) is 3. The quantitative estimate of drug-likeness (QED) is 0.685. The van der Waals surface area contributed by atoms with E-state index in [-0.39, 0.29) is 11.7 Å². The van der Waals surface area contributed by atoms with Crippen LogP contribution in [0.4, 0.5) is 15.8 Å². The predicted molar refractivity (Wildman–Crippen MR) is 108 cm³/mol. The number of nitrogens with one attached hydrogen (secondary N) is 1. The van der Waals surface area contributed by atoms with Crippen LogP contribution in [0.15, 0.2) is 47.1 Å². The highest BCUT2D eigenvalue weighted by molar-refractivity contribution is 6.04. The van der Waals surface area contributed by atoms with Gasteiger partial charge in [-0.15, -0.1) is 0 Å². The van der Waals surface area contributed by atoms with Crippen molar-refractivity contribution in [3.8, 4) is 0 Å². The second-order valence-corrected chi connectivity index (χ2v) is 7.43. The number of benzene rings is 2. The largest absolute Gasteiger partial charge is 0.459 e. The molecule has 1 aromatic heterocycles. The maximum absolute atomic E-state index is 13.4. The van der Waals surface area contributed by atoms with E-state index in [0.29, 0.717) is 5.76 Å². The number of halogens is 1. The highest BCUT2D eigenvalue weighted by Gasteiger charge is 2.20. The molecule has 5 heteroatoms. The number of hydrogen-bond donors (Lipinski definition) is 1. The van der Waals surface area contributed by atoms with E-state index < -0.39 is 0 Å². The van der Waals surface area contributed by atoms with Gasteiger partial charge in [0.05, 0.1) is 6.26 Å². The summed E-state index contributed by atoms with van der Waals surface area (Å²) in [6.07, 6.45) is 2.34. The Kier molecular flexibility index (Phi) is 4.67. The van der Waals surface area contributed by atoms with Crippen LogP contribution in [0, 0.1) is 26.6 Å². The molecule has 4 rings (SSSR count). The van der Waals surface area contributed by atoms with Crippen molar-refractivity contribution in [3.63, 3.8) is 0 Å². The van der Waals surface area contributed by atoms with Crippen LogP contribution >= 0.6 is 0 Å². The van der Waals surface area contributed by atoms with Gasteiger partial charge >= 0.3 is 0 Å². The van der Waals surface area contributed by atoms with Crippen molar-refractivity contribution >= 4 is 17.3 Å². The molecular weight excluding hydrogens is 355 g/mol. The molecule has 0 bridgehead atoms. The molecule has 0 unspecified atom stereocenters. The third-order valence-corrected chi connectivity index (χ3v) is 5.37. The molecule has 3 aromatic rings. The molecule has 2 heterocycles. The Morgan fingerprint density at radius 3 is 2.46 bits per heavy atom. The third kappa shape index (κ3) is 3.40. The number of fused-ring (bicyclic) bond motifs is 1. The monoisotopic (exact) mass is 378 g/mol.